The summed E-state index contributed by atoms with van der Waals surface area (Å²) in [5.41, 5.74) is 0. The van der Waals surface area contributed by atoms with Crippen LogP contribution in [0.15, 0.2) is 0 Å². The Morgan fingerprint density at radius 3 is 2.25 bits per heavy atom. The highest BCUT2D eigenvalue weighted by Gasteiger charge is 2.41. The number of nitrogens with one attached hydrogen (secondary N) is 1. The predicted molar refractivity (Wildman–Crippen MR) is 82.8 cm³/mol. The van der Waals surface area contributed by atoms with Crippen LogP contribution in [-0.4, -0.2) is 60.0 Å². The topological polar surface area (TPSA) is 35.6 Å². The van der Waals surface area contributed by atoms with Crippen LogP contribution in [0.2, 0.25) is 0 Å². The van der Waals surface area contributed by atoms with Crippen molar-refractivity contribution in [2.24, 2.45) is 0 Å². The Labute approximate surface area is 123 Å². The van der Waals surface area contributed by atoms with Gasteiger partial charge in [0.05, 0.1) is 6.54 Å². The number of piperidine rings is 1. The minimum Gasteiger partial charge on any atom is -0.342 e. The van der Waals surface area contributed by atoms with Gasteiger partial charge in [-0.05, 0) is 52.5 Å². The van der Waals surface area contributed by atoms with Crippen LogP contribution in [0, 0.1) is 0 Å². The smallest absolute Gasteiger partial charge is 0.236 e. The first kappa shape index (κ1) is 15.8. The Hall–Kier alpha value is -0.610. The van der Waals surface area contributed by atoms with Gasteiger partial charge < -0.3 is 10.2 Å². The van der Waals surface area contributed by atoms with Crippen molar-refractivity contribution in [3.63, 3.8) is 0 Å². The van der Waals surface area contributed by atoms with Crippen molar-refractivity contribution in [2.75, 3.05) is 26.2 Å². The highest BCUT2D eigenvalue weighted by atomic mass is 16.2. The summed E-state index contributed by atoms with van der Waals surface area (Å²) in [6.45, 7) is 9.78. The fraction of sp³-hybridized carbons (Fsp3) is 0.938. The van der Waals surface area contributed by atoms with Gasteiger partial charge in [0.2, 0.25) is 5.91 Å². The minimum absolute atomic E-state index is 0.312. The van der Waals surface area contributed by atoms with E-state index in [1.54, 1.807) is 0 Å². The third-order valence-electron chi connectivity index (χ3n) is 5.00. The average Bonchev–Trinajstić information content (AvgIpc) is 2.69. The summed E-state index contributed by atoms with van der Waals surface area (Å²) in [6.07, 6.45) is 6.21. The van der Waals surface area contributed by atoms with Crippen molar-refractivity contribution >= 4 is 5.91 Å². The molecule has 1 amide bonds. The van der Waals surface area contributed by atoms with Crippen molar-refractivity contribution < 1.29 is 4.79 Å². The minimum atomic E-state index is 0.312. The van der Waals surface area contributed by atoms with Crippen molar-refractivity contribution in [1.29, 1.82) is 0 Å². The molecule has 1 N–H and O–H groups in total. The second kappa shape index (κ2) is 7.41. The van der Waals surface area contributed by atoms with E-state index >= 15 is 0 Å². The van der Waals surface area contributed by atoms with E-state index < -0.39 is 0 Å². The van der Waals surface area contributed by atoms with E-state index in [0.717, 1.165) is 19.6 Å². The molecule has 0 aromatic rings. The summed E-state index contributed by atoms with van der Waals surface area (Å²) in [6, 6.07) is 1.93. The molecule has 2 rings (SSSR count). The van der Waals surface area contributed by atoms with Crippen LogP contribution in [0.5, 0.6) is 0 Å². The monoisotopic (exact) mass is 281 g/mol. The number of hydrogen-bond donors (Lipinski definition) is 1. The lowest BCUT2D eigenvalue weighted by molar-refractivity contribution is -0.133. The fourth-order valence-electron chi connectivity index (χ4n) is 3.88. The van der Waals surface area contributed by atoms with Gasteiger partial charge in [0.25, 0.3) is 0 Å². The SMILES string of the molecule is CCCNC1CC2CCC(C1)N2CC(=O)N(CC)CC. The molecule has 0 saturated carbocycles. The Morgan fingerprint density at radius 1 is 1.15 bits per heavy atom. The molecule has 0 radical (unpaired) electrons. The molecule has 2 aliphatic heterocycles. The maximum atomic E-state index is 12.3. The lowest BCUT2D eigenvalue weighted by atomic mass is 9.97. The van der Waals surface area contributed by atoms with Crippen LogP contribution in [0.1, 0.15) is 52.9 Å². The zero-order chi connectivity index (χ0) is 14.5. The fourth-order valence-corrected chi connectivity index (χ4v) is 3.88. The summed E-state index contributed by atoms with van der Waals surface area (Å²) in [5.74, 6) is 0.312. The Bertz CT molecular complexity index is 303. The molecule has 20 heavy (non-hydrogen) atoms. The van der Waals surface area contributed by atoms with Gasteiger partial charge >= 0.3 is 0 Å². The quantitative estimate of drug-likeness (QED) is 0.773. The second-order valence-corrected chi connectivity index (χ2v) is 6.25. The van der Waals surface area contributed by atoms with Gasteiger partial charge in [-0.2, -0.15) is 0 Å². The number of nitrogens with zero attached hydrogens (tertiary/aromatic N) is 2. The van der Waals surface area contributed by atoms with Gasteiger partial charge in [0.15, 0.2) is 0 Å². The normalized spacial score (nSPS) is 29.6. The lowest BCUT2D eigenvalue weighted by Crippen LogP contribution is -2.52. The number of carbonyl (C=O) groups is 1. The first-order valence-electron chi connectivity index (χ1n) is 8.46. The summed E-state index contributed by atoms with van der Waals surface area (Å²) in [5, 5.41) is 3.67. The molecule has 2 aliphatic rings. The van der Waals surface area contributed by atoms with Gasteiger partial charge in [0.1, 0.15) is 0 Å². The number of amides is 1. The van der Waals surface area contributed by atoms with E-state index in [0.29, 0.717) is 30.6 Å². The summed E-state index contributed by atoms with van der Waals surface area (Å²) >= 11 is 0. The molecule has 0 spiro atoms. The third kappa shape index (κ3) is 3.53. The van der Waals surface area contributed by atoms with Crippen LogP contribution >= 0.6 is 0 Å². The molecule has 0 aromatic carbocycles. The molecule has 4 heteroatoms. The van der Waals surface area contributed by atoms with Crippen molar-refractivity contribution in [1.82, 2.24) is 15.1 Å². The van der Waals surface area contributed by atoms with Crippen LogP contribution < -0.4 is 5.32 Å². The molecule has 2 saturated heterocycles. The zero-order valence-electron chi connectivity index (χ0n) is 13.4. The van der Waals surface area contributed by atoms with Crippen LogP contribution in [0.4, 0.5) is 0 Å². The van der Waals surface area contributed by atoms with E-state index in [1.165, 1.54) is 32.1 Å². The number of hydrogen-bond acceptors (Lipinski definition) is 3. The van der Waals surface area contributed by atoms with Crippen LogP contribution in [0.25, 0.3) is 0 Å². The van der Waals surface area contributed by atoms with Gasteiger partial charge in [-0.15, -0.1) is 0 Å². The number of carbonyl (C=O) groups excluding carboxylic acids is 1. The maximum Gasteiger partial charge on any atom is 0.236 e. The van der Waals surface area contributed by atoms with E-state index in [4.69, 9.17) is 0 Å². The number of rotatable bonds is 7. The molecule has 116 valence electrons. The zero-order valence-corrected chi connectivity index (χ0v) is 13.4. The van der Waals surface area contributed by atoms with Gasteiger partial charge in [-0.1, -0.05) is 6.92 Å². The summed E-state index contributed by atoms with van der Waals surface area (Å²) in [4.78, 5) is 16.8. The lowest BCUT2D eigenvalue weighted by Gasteiger charge is -2.39. The van der Waals surface area contributed by atoms with E-state index in [2.05, 4.69) is 31.0 Å². The predicted octanol–water partition coefficient (Wildman–Crippen LogP) is 1.85. The van der Waals surface area contributed by atoms with E-state index in [1.807, 2.05) is 4.90 Å². The maximum absolute atomic E-state index is 12.3. The van der Waals surface area contributed by atoms with Gasteiger partial charge in [-0.25, -0.2) is 0 Å². The largest absolute Gasteiger partial charge is 0.342 e. The molecule has 2 atom stereocenters. The summed E-state index contributed by atoms with van der Waals surface area (Å²) in [7, 11) is 0. The Kier molecular flexibility index (Phi) is 5.85. The standard InChI is InChI=1S/C16H31N3O/c1-4-9-17-13-10-14-7-8-15(11-13)19(14)12-16(20)18(5-2)6-3/h13-15,17H,4-12H2,1-3H3. The average molecular weight is 281 g/mol. The Balaban J connectivity index is 1.87. The first-order valence-corrected chi connectivity index (χ1v) is 8.46. The second-order valence-electron chi connectivity index (χ2n) is 6.25. The van der Waals surface area contributed by atoms with E-state index in [-0.39, 0.29) is 0 Å². The van der Waals surface area contributed by atoms with Gasteiger partial charge in [0, 0.05) is 31.2 Å². The molecule has 0 aromatic heterocycles. The highest BCUT2D eigenvalue weighted by Crippen LogP contribution is 2.35. The molecular formula is C16H31N3O. The molecule has 4 nitrogen and oxygen atoms in total. The third-order valence-corrected chi connectivity index (χ3v) is 5.00. The van der Waals surface area contributed by atoms with Gasteiger partial charge in [-0.3, -0.25) is 9.69 Å². The molecule has 2 bridgehead atoms. The molecule has 2 fully saturated rings. The molecule has 0 aliphatic carbocycles. The first-order chi connectivity index (χ1) is 9.69. The van der Waals surface area contributed by atoms with Crippen molar-refractivity contribution in [2.45, 2.75) is 71.0 Å². The number of likely N-dealkylation sites (N-methyl/N-ethyl adjacent to an activating group) is 1. The van der Waals surface area contributed by atoms with Crippen molar-refractivity contribution in [3.05, 3.63) is 0 Å². The Morgan fingerprint density at radius 2 is 1.75 bits per heavy atom. The van der Waals surface area contributed by atoms with Crippen LogP contribution in [-0.2, 0) is 4.79 Å². The number of fused-ring (bicyclic) bond motifs is 2. The molecule has 2 unspecified atom stereocenters. The van der Waals surface area contributed by atoms with Crippen molar-refractivity contribution in [3.8, 4) is 0 Å². The van der Waals surface area contributed by atoms with Crippen LogP contribution in [0.3, 0.4) is 0 Å². The highest BCUT2D eigenvalue weighted by molar-refractivity contribution is 5.78. The summed E-state index contributed by atoms with van der Waals surface area (Å²) < 4.78 is 0. The molecular weight excluding hydrogens is 250 g/mol. The van der Waals surface area contributed by atoms with E-state index in [9.17, 15) is 4.79 Å². The molecule has 2 heterocycles.